The molecule has 0 bridgehead atoms. The molecule has 24 heavy (non-hydrogen) atoms. The topological polar surface area (TPSA) is 75.3 Å². The summed E-state index contributed by atoms with van der Waals surface area (Å²) in [6.45, 7) is 7.41. The van der Waals surface area contributed by atoms with Gasteiger partial charge in [0.2, 0.25) is 15.9 Å². The molecule has 2 aromatic rings. The van der Waals surface area contributed by atoms with Crippen LogP contribution < -0.4 is 10.0 Å². The van der Waals surface area contributed by atoms with Crippen LogP contribution in [0.3, 0.4) is 0 Å². The van der Waals surface area contributed by atoms with E-state index in [1.807, 2.05) is 24.3 Å². The molecule has 0 saturated carbocycles. The van der Waals surface area contributed by atoms with Crippen molar-refractivity contribution in [1.29, 1.82) is 0 Å². The number of rotatable bonds is 7. The van der Waals surface area contributed by atoms with Gasteiger partial charge in [-0.25, -0.2) is 8.42 Å². The Morgan fingerprint density at radius 1 is 1.17 bits per heavy atom. The third-order valence-corrected chi connectivity index (χ3v) is 5.12. The Bertz CT molecular complexity index is 844. The molecule has 0 saturated heterocycles. The summed E-state index contributed by atoms with van der Waals surface area (Å²) in [5.74, 6) is -0.556. The van der Waals surface area contributed by atoms with Crippen molar-refractivity contribution in [2.75, 3.05) is 6.54 Å². The first kappa shape index (κ1) is 18.2. The van der Waals surface area contributed by atoms with Crippen LogP contribution >= 0.6 is 0 Å². The fourth-order valence-electron chi connectivity index (χ4n) is 2.34. The van der Waals surface area contributed by atoms with E-state index in [1.165, 1.54) is 0 Å². The van der Waals surface area contributed by atoms with Gasteiger partial charge in [-0.3, -0.25) is 4.79 Å². The van der Waals surface area contributed by atoms with Gasteiger partial charge < -0.3 is 5.32 Å². The number of hydrogen-bond donors (Lipinski definition) is 2. The fourth-order valence-corrected chi connectivity index (χ4v) is 3.72. The van der Waals surface area contributed by atoms with Crippen LogP contribution in [0.15, 0.2) is 60.0 Å². The number of fused-ring (bicyclic) bond motifs is 1. The van der Waals surface area contributed by atoms with Crippen LogP contribution in [0.25, 0.3) is 10.8 Å². The van der Waals surface area contributed by atoms with Gasteiger partial charge in [0, 0.05) is 6.54 Å². The van der Waals surface area contributed by atoms with Crippen molar-refractivity contribution in [1.82, 2.24) is 10.0 Å². The van der Waals surface area contributed by atoms with Crippen molar-refractivity contribution in [3.8, 4) is 0 Å². The minimum atomic E-state index is -3.80. The molecule has 5 nitrogen and oxygen atoms in total. The molecule has 0 radical (unpaired) electrons. The summed E-state index contributed by atoms with van der Waals surface area (Å²) in [4.78, 5) is 12.3. The highest BCUT2D eigenvalue weighted by Gasteiger charge is 2.28. The van der Waals surface area contributed by atoms with E-state index in [4.69, 9.17) is 0 Å². The summed E-state index contributed by atoms with van der Waals surface area (Å²) in [5, 5.41) is 4.42. The molecule has 0 aromatic heterocycles. The first-order chi connectivity index (χ1) is 11.3. The molecule has 0 heterocycles. The minimum absolute atomic E-state index is 0.142. The molecule has 0 fully saturated rings. The normalized spacial score (nSPS) is 13.0. The van der Waals surface area contributed by atoms with Crippen LogP contribution in [0.2, 0.25) is 0 Å². The lowest BCUT2D eigenvalue weighted by molar-refractivity contribution is -0.123. The molecule has 0 aliphatic carbocycles. The third-order valence-electron chi connectivity index (χ3n) is 3.68. The van der Waals surface area contributed by atoms with Gasteiger partial charge in [-0.2, -0.15) is 4.72 Å². The minimum Gasteiger partial charge on any atom is -0.351 e. The number of nitrogens with one attached hydrogen (secondary N) is 2. The maximum atomic E-state index is 12.7. The Labute approximate surface area is 142 Å². The molecule has 2 N–H and O–H groups in total. The van der Waals surface area contributed by atoms with Gasteiger partial charge in [0.15, 0.2) is 0 Å². The quantitative estimate of drug-likeness (QED) is 0.756. The zero-order valence-electron chi connectivity index (χ0n) is 13.8. The van der Waals surface area contributed by atoms with E-state index in [-0.39, 0.29) is 16.7 Å². The average molecular weight is 346 g/mol. The van der Waals surface area contributed by atoms with Crippen molar-refractivity contribution < 1.29 is 13.2 Å². The van der Waals surface area contributed by atoms with Gasteiger partial charge in [0.1, 0.15) is 6.04 Å². The fraction of sp³-hybridized carbons (Fsp3) is 0.278. The Kier molecular flexibility index (Phi) is 5.75. The molecule has 0 aliphatic rings. The molecule has 2 aromatic carbocycles. The molecule has 0 unspecified atom stereocenters. The number of sulfonamides is 1. The number of hydrogen-bond acceptors (Lipinski definition) is 3. The number of carbonyl (C=O) groups is 1. The first-order valence-electron chi connectivity index (χ1n) is 7.75. The molecular formula is C18H22N2O3S. The largest absolute Gasteiger partial charge is 0.351 e. The average Bonchev–Trinajstić information content (AvgIpc) is 2.56. The van der Waals surface area contributed by atoms with Crippen LogP contribution in [0.5, 0.6) is 0 Å². The molecule has 1 amide bonds. The molecule has 0 spiro atoms. The van der Waals surface area contributed by atoms with Crippen LogP contribution in [0, 0.1) is 5.92 Å². The smallest absolute Gasteiger partial charge is 0.241 e. The highest BCUT2D eigenvalue weighted by Crippen LogP contribution is 2.19. The van der Waals surface area contributed by atoms with Gasteiger partial charge in [0.25, 0.3) is 0 Å². The van der Waals surface area contributed by atoms with Crippen molar-refractivity contribution in [3.05, 3.63) is 55.1 Å². The van der Waals surface area contributed by atoms with E-state index in [0.717, 1.165) is 10.8 Å². The van der Waals surface area contributed by atoms with E-state index < -0.39 is 16.1 Å². The van der Waals surface area contributed by atoms with Crippen LogP contribution in [-0.4, -0.2) is 26.9 Å². The lowest BCUT2D eigenvalue weighted by Gasteiger charge is -2.21. The molecular weight excluding hydrogens is 324 g/mol. The molecule has 0 aliphatic heterocycles. The van der Waals surface area contributed by atoms with Crippen LogP contribution in [-0.2, 0) is 14.8 Å². The molecule has 128 valence electrons. The maximum Gasteiger partial charge on any atom is 0.241 e. The van der Waals surface area contributed by atoms with Crippen LogP contribution in [0.1, 0.15) is 13.8 Å². The standard InChI is InChI=1S/C18H22N2O3S/c1-4-11-19-18(21)17(13(2)3)20-24(22,23)16-10-9-14-7-5-6-8-15(14)12-16/h4-10,12-13,17,20H,1,11H2,2-3H3,(H,19,21)/t17-/m1/s1. The van der Waals surface area contributed by atoms with E-state index in [0.29, 0.717) is 6.54 Å². The van der Waals surface area contributed by atoms with E-state index in [9.17, 15) is 13.2 Å². The summed E-state index contributed by atoms with van der Waals surface area (Å²) in [6.07, 6.45) is 1.55. The SMILES string of the molecule is C=CCNC(=O)[C@H](NS(=O)(=O)c1ccc2ccccc2c1)C(C)C. The second kappa shape index (κ2) is 7.59. The first-order valence-corrected chi connectivity index (χ1v) is 9.23. The zero-order valence-corrected chi connectivity index (χ0v) is 14.6. The predicted octanol–water partition coefficient (Wildman–Crippen LogP) is 2.44. The Hall–Kier alpha value is -2.18. The van der Waals surface area contributed by atoms with Gasteiger partial charge >= 0.3 is 0 Å². The van der Waals surface area contributed by atoms with Gasteiger partial charge in [-0.1, -0.05) is 50.3 Å². The molecule has 6 heteroatoms. The van der Waals surface area contributed by atoms with Gasteiger partial charge in [-0.05, 0) is 28.8 Å². The number of benzene rings is 2. The highest BCUT2D eigenvalue weighted by molar-refractivity contribution is 7.89. The second-order valence-electron chi connectivity index (χ2n) is 5.89. The van der Waals surface area contributed by atoms with Crippen LogP contribution in [0.4, 0.5) is 0 Å². The molecule has 2 rings (SSSR count). The monoisotopic (exact) mass is 346 g/mol. The van der Waals surface area contributed by atoms with Crippen molar-refractivity contribution in [2.45, 2.75) is 24.8 Å². The number of carbonyl (C=O) groups excluding carboxylic acids is 1. The number of amides is 1. The van der Waals surface area contributed by atoms with E-state index in [1.54, 1.807) is 38.1 Å². The second-order valence-corrected chi connectivity index (χ2v) is 7.60. The summed E-state index contributed by atoms with van der Waals surface area (Å²) in [5.41, 5.74) is 0. The van der Waals surface area contributed by atoms with E-state index in [2.05, 4.69) is 16.6 Å². The maximum absolute atomic E-state index is 12.7. The summed E-state index contributed by atoms with van der Waals surface area (Å²) < 4.78 is 27.8. The van der Waals surface area contributed by atoms with Crippen molar-refractivity contribution >= 4 is 26.7 Å². The highest BCUT2D eigenvalue weighted by atomic mass is 32.2. The van der Waals surface area contributed by atoms with Crippen molar-refractivity contribution in [3.63, 3.8) is 0 Å². The Morgan fingerprint density at radius 3 is 2.46 bits per heavy atom. The Morgan fingerprint density at radius 2 is 1.83 bits per heavy atom. The van der Waals surface area contributed by atoms with Crippen molar-refractivity contribution in [2.24, 2.45) is 5.92 Å². The summed E-state index contributed by atoms with van der Waals surface area (Å²) >= 11 is 0. The van der Waals surface area contributed by atoms with Gasteiger partial charge in [0.05, 0.1) is 4.90 Å². The summed E-state index contributed by atoms with van der Waals surface area (Å²) in [7, 11) is -3.80. The third kappa shape index (κ3) is 4.21. The Balaban J connectivity index is 2.29. The predicted molar refractivity (Wildman–Crippen MR) is 96.1 cm³/mol. The zero-order chi connectivity index (χ0) is 17.7. The lowest BCUT2D eigenvalue weighted by Crippen LogP contribution is -2.49. The summed E-state index contributed by atoms with van der Waals surface area (Å²) in [6, 6.07) is 11.6. The van der Waals surface area contributed by atoms with E-state index >= 15 is 0 Å². The van der Waals surface area contributed by atoms with Gasteiger partial charge in [-0.15, -0.1) is 6.58 Å². The lowest BCUT2D eigenvalue weighted by atomic mass is 10.1. The molecule has 1 atom stereocenters.